The largest absolute Gasteiger partial charge is 0.494 e. The van der Waals surface area contributed by atoms with Crippen molar-refractivity contribution in [2.45, 2.75) is 19.8 Å². The number of hydrogen-bond donors (Lipinski definition) is 1. The maximum atomic E-state index is 12.4. The number of aromatic nitrogens is 3. The van der Waals surface area contributed by atoms with Gasteiger partial charge in [0.05, 0.1) is 24.4 Å². The molecule has 4 rings (SSSR count). The second kappa shape index (κ2) is 9.60. The van der Waals surface area contributed by atoms with E-state index in [1.54, 1.807) is 12.4 Å². The number of amides is 1. The van der Waals surface area contributed by atoms with Crippen LogP contribution in [0.2, 0.25) is 0 Å². The summed E-state index contributed by atoms with van der Waals surface area (Å²) in [5, 5.41) is 8.13. The highest BCUT2D eigenvalue weighted by Crippen LogP contribution is 2.27. The Labute approximate surface area is 182 Å². The smallest absolute Gasteiger partial charge is 0.232 e. The lowest BCUT2D eigenvalue weighted by Gasteiger charge is -2.04. The van der Waals surface area contributed by atoms with Gasteiger partial charge in [0, 0.05) is 34.3 Å². The van der Waals surface area contributed by atoms with Crippen LogP contribution in [0.15, 0.2) is 59.6 Å². The number of carbonyl (C=O) groups excluding carboxylic acids is 1. The molecule has 1 aromatic carbocycles. The van der Waals surface area contributed by atoms with Crippen LogP contribution >= 0.6 is 22.7 Å². The molecule has 0 spiro atoms. The fraction of sp³-hybridized carbons (Fsp3) is 0.182. The first kappa shape index (κ1) is 20.2. The molecule has 0 aliphatic rings. The summed E-state index contributed by atoms with van der Waals surface area (Å²) >= 11 is 2.91. The van der Waals surface area contributed by atoms with Gasteiger partial charge in [0.25, 0.3) is 0 Å². The second-order valence-electron chi connectivity index (χ2n) is 6.52. The number of benzene rings is 1. The number of nitrogens with zero attached hydrogens (tertiary/aromatic N) is 3. The van der Waals surface area contributed by atoms with Crippen molar-refractivity contribution in [1.82, 2.24) is 15.0 Å². The highest BCUT2D eigenvalue weighted by atomic mass is 32.1. The SMILES string of the molecule is CCCOc1ccc(-c2csc(NC(=O)Cc3csc(-c4cccnc4)n3)n2)cc1. The minimum atomic E-state index is -0.137. The van der Waals surface area contributed by atoms with Gasteiger partial charge in [-0.25, -0.2) is 9.97 Å². The van der Waals surface area contributed by atoms with Crippen LogP contribution in [0.1, 0.15) is 19.0 Å². The van der Waals surface area contributed by atoms with E-state index in [0.29, 0.717) is 11.7 Å². The maximum Gasteiger partial charge on any atom is 0.232 e. The molecule has 0 radical (unpaired) electrons. The minimum absolute atomic E-state index is 0.137. The van der Waals surface area contributed by atoms with Crippen LogP contribution in [0, 0.1) is 0 Å². The first-order valence-corrected chi connectivity index (χ1v) is 11.3. The summed E-state index contributed by atoms with van der Waals surface area (Å²) in [5.74, 6) is 0.709. The predicted octanol–water partition coefficient (Wildman–Crippen LogP) is 5.30. The molecule has 0 saturated heterocycles. The van der Waals surface area contributed by atoms with Crippen LogP contribution in [0.25, 0.3) is 21.8 Å². The van der Waals surface area contributed by atoms with E-state index in [2.05, 4.69) is 27.2 Å². The van der Waals surface area contributed by atoms with E-state index < -0.39 is 0 Å². The monoisotopic (exact) mass is 436 g/mol. The van der Waals surface area contributed by atoms with E-state index in [0.717, 1.165) is 39.7 Å². The molecule has 0 aliphatic heterocycles. The number of carbonyl (C=O) groups is 1. The fourth-order valence-corrected chi connectivity index (χ4v) is 4.29. The first-order chi connectivity index (χ1) is 14.7. The Kier molecular flexibility index (Phi) is 6.46. The number of ether oxygens (including phenoxy) is 1. The van der Waals surface area contributed by atoms with Crippen molar-refractivity contribution >= 4 is 33.7 Å². The van der Waals surface area contributed by atoms with E-state index in [9.17, 15) is 4.79 Å². The Morgan fingerprint density at radius 2 is 1.93 bits per heavy atom. The highest BCUT2D eigenvalue weighted by molar-refractivity contribution is 7.14. The summed E-state index contributed by atoms with van der Waals surface area (Å²) in [5.41, 5.74) is 3.49. The number of thiazole rings is 2. The number of pyridine rings is 1. The zero-order valence-electron chi connectivity index (χ0n) is 16.4. The van der Waals surface area contributed by atoms with Gasteiger partial charge in [-0.15, -0.1) is 22.7 Å². The van der Waals surface area contributed by atoms with Gasteiger partial charge in [-0.1, -0.05) is 6.92 Å². The molecule has 8 heteroatoms. The molecule has 3 heterocycles. The lowest BCUT2D eigenvalue weighted by Crippen LogP contribution is -2.14. The third-order valence-corrected chi connectivity index (χ3v) is 5.87. The summed E-state index contributed by atoms with van der Waals surface area (Å²) in [6.07, 6.45) is 4.67. The van der Waals surface area contributed by atoms with Gasteiger partial charge in [0.15, 0.2) is 5.13 Å². The molecule has 0 bridgehead atoms. The molecule has 0 aliphatic carbocycles. The van der Waals surface area contributed by atoms with Gasteiger partial charge in [0.1, 0.15) is 10.8 Å². The van der Waals surface area contributed by atoms with Crippen LogP contribution in [0.4, 0.5) is 5.13 Å². The van der Waals surface area contributed by atoms with Crippen LogP contribution in [-0.2, 0) is 11.2 Å². The molecule has 0 fully saturated rings. The number of rotatable bonds is 8. The van der Waals surface area contributed by atoms with Crippen LogP contribution in [0.3, 0.4) is 0 Å². The van der Waals surface area contributed by atoms with Crippen molar-refractivity contribution < 1.29 is 9.53 Å². The summed E-state index contributed by atoms with van der Waals surface area (Å²) in [4.78, 5) is 25.6. The zero-order valence-corrected chi connectivity index (χ0v) is 18.0. The number of anilines is 1. The van der Waals surface area contributed by atoms with Gasteiger partial charge in [0.2, 0.25) is 5.91 Å². The molecule has 0 saturated carbocycles. The van der Waals surface area contributed by atoms with E-state index in [4.69, 9.17) is 4.74 Å². The van der Waals surface area contributed by atoms with Crippen LogP contribution < -0.4 is 10.1 Å². The molecule has 6 nitrogen and oxygen atoms in total. The quantitative estimate of drug-likeness (QED) is 0.406. The summed E-state index contributed by atoms with van der Waals surface area (Å²) < 4.78 is 5.61. The molecule has 3 aromatic heterocycles. The molecule has 152 valence electrons. The van der Waals surface area contributed by atoms with Gasteiger partial charge in [-0.2, -0.15) is 0 Å². The Bertz CT molecular complexity index is 1110. The molecular weight excluding hydrogens is 416 g/mol. The van der Waals surface area contributed by atoms with Crippen molar-refractivity contribution in [3.05, 3.63) is 65.2 Å². The predicted molar refractivity (Wildman–Crippen MR) is 121 cm³/mol. The average molecular weight is 437 g/mol. The Morgan fingerprint density at radius 3 is 2.70 bits per heavy atom. The van der Waals surface area contributed by atoms with Gasteiger partial charge in [-0.05, 0) is 42.8 Å². The number of nitrogens with one attached hydrogen (secondary N) is 1. The van der Waals surface area contributed by atoms with Crippen molar-refractivity contribution in [1.29, 1.82) is 0 Å². The van der Waals surface area contributed by atoms with Crippen molar-refractivity contribution in [3.8, 4) is 27.6 Å². The van der Waals surface area contributed by atoms with E-state index >= 15 is 0 Å². The van der Waals surface area contributed by atoms with Crippen LogP contribution in [-0.4, -0.2) is 27.5 Å². The molecule has 30 heavy (non-hydrogen) atoms. The molecule has 0 unspecified atom stereocenters. The second-order valence-corrected chi connectivity index (χ2v) is 8.24. The van der Waals surface area contributed by atoms with E-state index in [1.807, 2.05) is 47.2 Å². The van der Waals surface area contributed by atoms with Gasteiger partial charge < -0.3 is 10.1 Å². The Morgan fingerprint density at radius 1 is 1.07 bits per heavy atom. The lowest BCUT2D eigenvalue weighted by molar-refractivity contribution is -0.115. The molecule has 4 aromatic rings. The van der Waals surface area contributed by atoms with Crippen molar-refractivity contribution in [3.63, 3.8) is 0 Å². The summed E-state index contributed by atoms with van der Waals surface area (Å²) in [7, 11) is 0. The summed E-state index contributed by atoms with van der Waals surface area (Å²) in [6.45, 7) is 2.78. The Hall–Kier alpha value is -3.10. The maximum absolute atomic E-state index is 12.4. The van der Waals surface area contributed by atoms with Crippen molar-refractivity contribution in [2.75, 3.05) is 11.9 Å². The molecule has 1 amide bonds. The third kappa shape index (κ3) is 5.08. The van der Waals surface area contributed by atoms with E-state index in [-0.39, 0.29) is 12.3 Å². The van der Waals surface area contributed by atoms with Gasteiger partial charge >= 0.3 is 0 Å². The molecule has 0 atom stereocenters. The molecular formula is C22H20N4O2S2. The van der Waals surface area contributed by atoms with Crippen LogP contribution in [0.5, 0.6) is 5.75 Å². The number of hydrogen-bond acceptors (Lipinski definition) is 7. The average Bonchev–Trinajstić information content (AvgIpc) is 3.43. The Balaban J connectivity index is 1.36. The minimum Gasteiger partial charge on any atom is -0.494 e. The fourth-order valence-electron chi connectivity index (χ4n) is 2.74. The lowest BCUT2D eigenvalue weighted by atomic mass is 10.2. The topological polar surface area (TPSA) is 77.0 Å². The van der Waals surface area contributed by atoms with E-state index in [1.165, 1.54) is 22.7 Å². The third-order valence-electron chi connectivity index (χ3n) is 4.18. The van der Waals surface area contributed by atoms with Gasteiger partial charge in [-0.3, -0.25) is 9.78 Å². The molecule has 1 N–H and O–H groups in total. The first-order valence-electron chi connectivity index (χ1n) is 9.54. The summed E-state index contributed by atoms with van der Waals surface area (Å²) in [6, 6.07) is 11.6. The van der Waals surface area contributed by atoms with Crippen molar-refractivity contribution in [2.24, 2.45) is 0 Å². The zero-order chi connectivity index (χ0) is 20.8. The highest BCUT2D eigenvalue weighted by Gasteiger charge is 2.12. The normalized spacial score (nSPS) is 10.7. The standard InChI is InChI=1S/C22H20N4O2S2/c1-2-10-28-18-7-5-15(6-8-18)19-14-30-22(25-19)26-20(27)11-17-13-29-21(24-17)16-4-3-9-23-12-16/h3-9,12-14H,2,10-11H2,1H3,(H,25,26,27).